The Balaban J connectivity index is 1.47. The van der Waals surface area contributed by atoms with Gasteiger partial charge in [-0.25, -0.2) is 12.8 Å². The topological polar surface area (TPSA) is 69.7 Å². The molecule has 10 heteroatoms. The molecule has 1 aliphatic rings. The molecule has 6 nitrogen and oxygen atoms in total. The van der Waals surface area contributed by atoms with Gasteiger partial charge in [0.25, 0.3) is 5.91 Å². The number of nitrogens with one attached hydrogen (secondary N) is 1. The van der Waals surface area contributed by atoms with Gasteiger partial charge in [0.2, 0.25) is 10.0 Å². The first-order chi connectivity index (χ1) is 15.4. The Bertz CT molecular complexity index is 1200. The Morgan fingerprint density at radius 3 is 2.47 bits per heavy atom. The predicted molar refractivity (Wildman–Crippen MR) is 128 cm³/mol. The van der Waals surface area contributed by atoms with Crippen molar-refractivity contribution < 1.29 is 17.6 Å². The molecule has 4 rings (SSSR count). The van der Waals surface area contributed by atoms with E-state index in [0.29, 0.717) is 18.8 Å². The van der Waals surface area contributed by atoms with E-state index in [9.17, 15) is 17.6 Å². The van der Waals surface area contributed by atoms with Crippen molar-refractivity contribution in [3.05, 3.63) is 70.7 Å². The van der Waals surface area contributed by atoms with Crippen molar-refractivity contribution >= 4 is 50.4 Å². The van der Waals surface area contributed by atoms with Crippen molar-refractivity contribution in [3.8, 4) is 0 Å². The number of anilines is 2. The monoisotopic (exact) mass is 491 g/mol. The van der Waals surface area contributed by atoms with Crippen molar-refractivity contribution in [2.45, 2.75) is 9.79 Å². The van der Waals surface area contributed by atoms with Gasteiger partial charge in [-0.1, -0.05) is 6.07 Å². The largest absolute Gasteiger partial charge is 0.369 e. The zero-order valence-electron chi connectivity index (χ0n) is 17.3. The van der Waals surface area contributed by atoms with Crippen LogP contribution in [0.1, 0.15) is 9.67 Å². The fraction of sp³-hybridized carbons (Fsp3) is 0.227. The molecule has 1 aromatic heterocycles. The molecule has 0 bridgehead atoms. The summed E-state index contributed by atoms with van der Waals surface area (Å²) in [6.07, 6.45) is 1.95. The highest BCUT2D eigenvalue weighted by atomic mass is 32.2. The number of hydrogen-bond acceptors (Lipinski definition) is 6. The number of benzene rings is 2. The van der Waals surface area contributed by atoms with Crippen LogP contribution in [0.3, 0.4) is 0 Å². The van der Waals surface area contributed by atoms with E-state index in [1.807, 2.05) is 29.4 Å². The Morgan fingerprint density at radius 2 is 1.78 bits per heavy atom. The number of hydrogen-bond donors (Lipinski definition) is 1. The number of nitrogens with zero attached hydrogens (tertiary/aromatic N) is 2. The molecule has 0 atom stereocenters. The van der Waals surface area contributed by atoms with Gasteiger partial charge in [-0.3, -0.25) is 4.79 Å². The summed E-state index contributed by atoms with van der Waals surface area (Å²) in [6, 6.07) is 15.0. The minimum atomic E-state index is -3.82. The van der Waals surface area contributed by atoms with Crippen LogP contribution in [0.2, 0.25) is 0 Å². The lowest BCUT2D eigenvalue weighted by atomic mass is 10.2. The third kappa shape index (κ3) is 4.83. The molecule has 1 fully saturated rings. The quantitative estimate of drug-likeness (QED) is 0.519. The van der Waals surface area contributed by atoms with E-state index < -0.39 is 15.9 Å². The van der Waals surface area contributed by atoms with Gasteiger partial charge >= 0.3 is 0 Å². The summed E-state index contributed by atoms with van der Waals surface area (Å²) in [5.74, 6) is -0.750. The number of rotatable bonds is 6. The molecule has 168 valence electrons. The van der Waals surface area contributed by atoms with E-state index >= 15 is 0 Å². The fourth-order valence-corrected chi connectivity index (χ4v) is 6.71. The average molecular weight is 492 g/mol. The SMILES string of the molecule is CSc1cccc(NC(=O)c2sccc2S(=O)(=O)N2CCN(c3ccc(F)cc3)CC2)c1. The molecule has 0 saturated carbocycles. The number of thioether (sulfide) groups is 1. The Morgan fingerprint density at radius 1 is 1.06 bits per heavy atom. The number of sulfonamides is 1. The Hall–Kier alpha value is -2.40. The van der Waals surface area contributed by atoms with Gasteiger partial charge < -0.3 is 10.2 Å². The zero-order chi connectivity index (χ0) is 22.7. The number of thiophene rings is 1. The summed E-state index contributed by atoms with van der Waals surface area (Å²) in [5, 5.41) is 4.42. The fourth-order valence-electron chi connectivity index (χ4n) is 3.53. The van der Waals surface area contributed by atoms with Gasteiger partial charge in [0.1, 0.15) is 15.6 Å². The minimum Gasteiger partial charge on any atom is -0.369 e. The number of carbonyl (C=O) groups excluding carboxylic acids is 1. The number of piperazine rings is 1. The molecule has 1 N–H and O–H groups in total. The Labute approximate surface area is 195 Å². The van der Waals surface area contributed by atoms with Crippen LogP contribution in [-0.2, 0) is 10.0 Å². The molecular weight excluding hydrogens is 469 g/mol. The normalized spacial score (nSPS) is 15.0. The summed E-state index contributed by atoms with van der Waals surface area (Å²) in [5.41, 5.74) is 1.47. The summed E-state index contributed by atoms with van der Waals surface area (Å²) >= 11 is 2.67. The first-order valence-corrected chi connectivity index (χ1v) is 13.5. The predicted octanol–water partition coefficient (Wildman–Crippen LogP) is 4.37. The lowest BCUT2D eigenvalue weighted by molar-refractivity contribution is 0.102. The number of halogens is 1. The van der Waals surface area contributed by atoms with Gasteiger partial charge in [-0.15, -0.1) is 23.1 Å². The summed E-state index contributed by atoms with van der Waals surface area (Å²) in [6.45, 7) is 1.54. The molecular formula is C22H22FN3O3S3. The molecule has 0 aliphatic carbocycles. The highest BCUT2D eigenvalue weighted by molar-refractivity contribution is 7.98. The Kier molecular flexibility index (Phi) is 6.85. The van der Waals surface area contributed by atoms with Crippen LogP contribution >= 0.6 is 23.1 Å². The molecule has 1 amide bonds. The first kappa shape index (κ1) is 22.8. The highest BCUT2D eigenvalue weighted by Crippen LogP contribution is 2.28. The molecule has 0 radical (unpaired) electrons. The summed E-state index contributed by atoms with van der Waals surface area (Å²) in [4.78, 5) is 16.1. The van der Waals surface area contributed by atoms with Crippen molar-refractivity contribution in [2.75, 3.05) is 42.7 Å². The molecule has 2 heterocycles. The molecule has 32 heavy (non-hydrogen) atoms. The highest BCUT2D eigenvalue weighted by Gasteiger charge is 2.32. The van der Waals surface area contributed by atoms with Crippen LogP contribution in [0.5, 0.6) is 0 Å². The third-order valence-corrected chi connectivity index (χ3v) is 8.92. The average Bonchev–Trinajstić information content (AvgIpc) is 3.31. The van der Waals surface area contributed by atoms with E-state index in [1.165, 1.54) is 22.5 Å². The van der Waals surface area contributed by atoms with Crippen LogP contribution in [0.25, 0.3) is 0 Å². The van der Waals surface area contributed by atoms with E-state index in [-0.39, 0.29) is 28.7 Å². The zero-order valence-corrected chi connectivity index (χ0v) is 19.8. The molecule has 1 saturated heterocycles. The molecule has 2 aromatic carbocycles. The maximum Gasteiger partial charge on any atom is 0.267 e. The second-order valence-corrected chi connectivity index (χ2v) is 10.9. The van der Waals surface area contributed by atoms with E-state index in [2.05, 4.69) is 5.32 Å². The minimum absolute atomic E-state index is 0.0243. The van der Waals surface area contributed by atoms with Gasteiger partial charge in [-0.2, -0.15) is 4.31 Å². The van der Waals surface area contributed by atoms with Crippen molar-refractivity contribution in [1.82, 2.24) is 4.31 Å². The lowest BCUT2D eigenvalue weighted by Crippen LogP contribution is -2.48. The van der Waals surface area contributed by atoms with Crippen LogP contribution in [0.4, 0.5) is 15.8 Å². The van der Waals surface area contributed by atoms with Gasteiger partial charge in [-0.05, 0) is 60.2 Å². The molecule has 1 aliphatic heterocycles. The van der Waals surface area contributed by atoms with Gasteiger partial charge in [0.15, 0.2) is 0 Å². The number of carbonyl (C=O) groups is 1. The molecule has 0 spiro atoms. The van der Waals surface area contributed by atoms with Crippen LogP contribution < -0.4 is 10.2 Å². The summed E-state index contributed by atoms with van der Waals surface area (Å²) < 4.78 is 41.2. The van der Waals surface area contributed by atoms with Gasteiger partial charge in [0.05, 0.1) is 0 Å². The third-order valence-electron chi connectivity index (χ3n) is 5.21. The maximum atomic E-state index is 13.3. The van der Waals surface area contributed by atoms with E-state index in [4.69, 9.17) is 0 Å². The summed E-state index contributed by atoms with van der Waals surface area (Å²) in [7, 11) is -3.82. The van der Waals surface area contributed by atoms with Crippen LogP contribution in [-0.4, -0.2) is 51.1 Å². The first-order valence-electron chi connectivity index (χ1n) is 9.92. The second kappa shape index (κ2) is 9.62. The van der Waals surface area contributed by atoms with Crippen molar-refractivity contribution in [1.29, 1.82) is 0 Å². The molecule has 0 unspecified atom stereocenters. The second-order valence-electron chi connectivity index (χ2n) is 7.17. The van der Waals surface area contributed by atoms with E-state index in [0.717, 1.165) is 21.9 Å². The van der Waals surface area contributed by atoms with Crippen LogP contribution in [0.15, 0.2) is 69.8 Å². The van der Waals surface area contributed by atoms with Crippen molar-refractivity contribution in [3.63, 3.8) is 0 Å². The van der Waals surface area contributed by atoms with Gasteiger partial charge in [0, 0.05) is 42.4 Å². The van der Waals surface area contributed by atoms with Crippen LogP contribution in [0, 0.1) is 5.82 Å². The smallest absolute Gasteiger partial charge is 0.267 e. The number of amides is 1. The molecule has 3 aromatic rings. The maximum absolute atomic E-state index is 13.3. The standard InChI is InChI=1S/C22H22FN3O3S3/c1-30-19-4-2-3-17(15-19)24-22(27)21-20(9-14-31-21)32(28,29)26-12-10-25(11-13-26)18-7-5-16(23)6-8-18/h2-9,14-15H,10-13H2,1H3,(H,24,27). The van der Waals surface area contributed by atoms with E-state index in [1.54, 1.807) is 35.3 Å². The lowest BCUT2D eigenvalue weighted by Gasteiger charge is -2.35. The van der Waals surface area contributed by atoms with Crippen molar-refractivity contribution in [2.24, 2.45) is 0 Å².